The average molecular weight is 417 g/mol. The monoisotopic (exact) mass is 417 g/mol. The molecule has 6 nitrogen and oxygen atoms in total. The van der Waals surface area contributed by atoms with Crippen LogP contribution < -0.4 is 16.0 Å². The van der Waals surface area contributed by atoms with Crippen molar-refractivity contribution in [1.29, 1.82) is 0 Å². The van der Waals surface area contributed by atoms with Crippen molar-refractivity contribution in [2.24, 2.45) is 11.8 Å². The highest BCUT2D eigenvalue weighted by atomic mass is 19.1. The summed E-state index contributed by atoms with van der Waals surface area (Å²) in [6.07, 6.45) is 0. The summed E-state index contributed by atoms with van der Waals surface area (Å²) in [7, 11) is 0. The highest BCUT2D eigenvalue weighted by Gasteiger charge is 2.27. The minimum atomic E-state index is -1.02. The number of hydrogen-bond acceptors (Lipinski definition) is 3. The topological polar surface area (TPSA) is 87.3 Å². The molecule has 160 valence electrons. The molecule has 0 aliphatic rings. The predicted molar refractivity (Wildman–Crippen MR) is 111 cm³/mol. The number of anilines is 2. The van der Waals surface area contributed by atoms with E-state index in [0.717, 1.165) is 18.2 Å². The third-order valence-corrected chi connectivity index (χ3v) is 4.37. The van der Waals surface area contributed by atoms with Gasteiger partial charge in [0.15, 0.2) is 0 Å². The quantitative estimate of drug-likeness (QED) is 0.637. The average Bonchev–Trinajstić information content (AvgIpc) is 2.67. The molecule has 2 aromatic carbocycles. The summed E-state index contributed by atoms with van der Waals surface area (Å²) in [5, 5.41) is 7.79. The number of halogens is 2. The normalized spacial score (nSPS) is 11.9. The Morgan fingerprint density at radius 3 is 1.67 bits per heavy atom. The molecule has 2 aromatic rings. The Labute approximate surface area is 174 Å². The summed E-state index contributed by atoms with van der Waals surface area (Å²) in [6.45, 7) is 6.95. The van der Waals surface area contributed by atoms with Gasteiger partial charge in [0.1, 0.15) is 23.2 Å². The number of carbonyl (C=O) groups is 3. The molecular formula is C22H25F2N3O3. The molecule has 3 amide bonds. The van der Waals surface area contributed by atoms with Crippen LogP contribution in [-0.4, -0.2) is 23.8 Å². The van der Waals surface area contributed by atoms with Gasteiger partial charge in [-0.25, -0.2) is 8.78 Å². The maximum atomic E-state index is 13.8. The molecule has 0 aliphatic heterocycles. The van der Waals surface area contributed by atoms with E-state index in [0.29, 0.717) is 11.4 Å². The first-order valence-electron chi connectivity index (χ1n) is 9.56. The van der Waals surface area contributed by atoms with Crippen molar-refractivity contribution in [1.82, 2.24) is 5.32 Å². The summed E-state index contributed by atoms with van der Waals surface area (Å²) in [5.41, 5.74) is 0.288. The SMILES string of the molecule is CC(C)C(=O)Nc1ccc(NC(=O)C(NC(=O)c2c(F)cccc2F)C(C)C)cc1. The second kappa shape index (κ2) is 9.96. The van der Waals surface area contributed by atoms with Gasteiger partial charge in [-0.05, 0) is 42.3 Å². The van der Waals surface area contributed by atoms with Gasteiger partial charge >= 0.3 is 0 Å². The smallest absolute Gasteiger partial charge is 0.257 e. The first-order valence-corrected chi connectivity index (χ1v) is 9.56. The van der Waals surface area contributed by atoms with Gasteiger partial charge < -0.3 is 16.0 Å². The van der Waals surface area contributed by atoms with Crippen LogP contribution in [0.25, 0.3) is 0 Å². The molecule has 1 atom stereocenters. The van der Waals surface area contributed by atoms with Crippen LogP contribution in [0.4, 0.5) is 20.2 Å². The number of benzene rings is 2. The zero-order valence-corrected chi connectivity index (χ0v) is 17.3. The van der Waals surface area contributed by atoms with Gasteiger partial charge in [0, 0.05) is 17.3 Å². The summed E-state index contributed by atoms with van der Waals surface area (Å²) in [6, 6.07) is 8.55. The standard InChI is InChI=1S/C22H25F2N3O3/c1-12(2)19(27-21(29)18-16(23)6-5-7-17(18)24)22(30)26-15-10-8-14(9-11-15)25-20(28)13(3)4/h5-13,19H,1-4H3,(H,25,28)(H,26,30)(H,27,29). The van der Waals surface area contributed by atoms with E-state index in [1.165, 1.54) is 0 Å². The van der Waals surface area contributed by atoms with Crippen LogP contribution in [0.2, 0.25) is 0 Å². The molecule has 8 heteroatoms. The minimum Gasteiger partial charge on any atom is -0.340 e. The van der Waals surface area contributed by atoms with Crippen LogP contribution in [-0.2, 0) is 9.59 Å². The highest BCUT2D eigenvalue weighted by Crippen LogP contribution is 2.17. The Bertz CT molecular complexity index is 907. The van der Waals surface area contributed by atoms with Crippen LogP contribution in [0.1, 0.15) is 38.1 Å². The van der Waals surface area contributed by atoms with Crippen LogP contribution in [0.15, 0.2) is 42.5 Å². The molecule has 0 fully saturated rings. The minimum absolute atomic E-state index is 0.130. The third-order valence-electron chi connectivity index (χ3n) is 4.37. The van der Waals surface area contributed by atoms with E-state index < -0.39 is 35.1 Å². The van der Waals surface area contributed by atoms with Crippen LogP contribution in [0.3, 0.4) is 0 Å². The molecule has 1 unspecified atom stereocenters. The lowest BCUT2D eigenvalue weighted by Gasteiger charge is -2.22. The number of amides is 3. The van der Waals surface area contributed by atoms with E-state index in [2.05, 4.69) is 16.0 Å². The lowest BCUT2D eigenvalue weighted by atomic mass is 10.0. The largest absolute Gasteiger partial charge is 0.340 e. The van der Waals surface area contributed by atoms with Gasteiger partial charge in [-0.2, -0.15) is 0 Å². The van der Waals surface area contributed by atoms with E-state index in [-0.39, 0.29) is 17.7 Å². The van der Waals surface area contributed by atoms with E-state index >= 15 is 0 Å². The second-order valence-corrected chi connectivity index (χ2v) is 7.50. The van der Waals surface area contributed by atoms with E-state index in [1.54, 1.807) is 52.0 Å². The molecule has 0 spiro atoms. The third kappa shape index (κ3) is 5.85. The second-order valence-electron chi connectivity index (χ2n) is 7.50. The Morgan fingerprint density at radius 2 is 1.23 bits per heavy atom. The van der Waals surface area contributed by atoms with Crippen LogP contribution >= 0.6 is 0 Å². The van der Waals surface area contributed by atoms with Crippen molar-refractivity contribution >= 4 is 29.1 Å². The maximum Gasteiger partial charge on any atom is 0.257 e. The molecule has 0 aliphatic carbocycles. The van der Waals surface area contributed by atoms with E-state index in [4.69, 9.17) is 0 Å². The first kappa shape index (κ1) is 23.0. The fourth-order valence-electron chi connectivity index (χ4n) is 2.61. The molecule has 0 radical (unpaired) electrons. The zero-order valence-electron chi connectivity index (χ0n) is 17.3. The fourth-order valence-corrected chi connectivity index (χ4v) is 2.61. The van der Waals surface area contributed by atoms with Crippen molar-refractivity contribution in [2.45, 2.75) is 33.7 Å². The molecule has 0 bridgehead atoms. The number of rotatable bonds is 7. The van der Waals surface area contributed by atoms with Crippen molar-refractivity contribution < 1.29 is 23.2 Å². The molecule has 3 N–H and O–H groups in total. The van der Waals surface area contributed by atoms with E-state index in [1.807, 2.05) is 0 Å². The van der Waals surface area contributed by atoms with Gasteiger partial charge in [-0.15, -0.1) is 0 Å². The number of carbonyl (C=O) groups excluding carboxylic acids is 3. The molecule has 30 heavy (non-hydrogen) atoms. The molecule has 0 saturated heterocycles. The Kier molecular flexibility index (Phi) is 7.63. The molecule has 2 rings (SSSR count). The summed E-state index contributed by atoms with van der Waals surface area (Å²) < 4.78 is 27.7. The van der Waals surface area contributed by atoms with Crippen molar-refractivity contribution in [2.75, 3.05) is 10.6 Å². The molecular weight excluding hydrogens is 392 g/mol. The zero-order chi connectivity index (χ0) is 22.4. The highest BCUT2D eigenvalue weighted by molar-refractivity contribution is 6.01. The van der Waals surface area contributed by atoms with Crippen LogP contribution in [0, 0.1) is 23.5 Å². The Morgan fingerprint density at radius 1 is 0.767 bits per heavy atom. The Hall–Kier alpha value is -3.29. The van der Waals surface area contributed by atoms with Crippen molar-refractivity contribution in [3.8, 4) is 0 Å². The number of hydrogen-bond donors (Lipinski definition) is 3. The molecule has 0 heterocycles. The lowest BCUT2D eigenvalue weighted by molar-refractivity contribution is -0.119. The van der Waals surface area contributed by atoms with Gasteiger partial charge in [-0.1, -0.05) is 33.8 Å². The molecule has 0 saturated carbocycles. The predicted octanol–water partition coefficient (Wildman–Crippen LogP) is 3.95. The molecule has 0 aromatic heterocycles. The van der Waals surface area contributed by atoms with Gasteiger partial charge in [0.2, 0.25) is 11.8 Å². The number of nitrogens with one attached hydrogen (secondary N) is 3. The van der Waals surface area contributed by atoms with Crippen molar-refractivity contribution in [3.63, 3.8) is 0 Å². The lowest BCUT2D eigenvalue weighted by Crippen LogP contribution is -2.47. The van der Waals surface area contributed by atoms with Crippen molar-refractivity contribution in [3.05, 3.63) is 59.7 Å². The fraction of sp³-hybridized carbons (Fsp3) is 0.318. The van der Waals surface area contributed by atoms with Crippen LogP contribution in [0.5, 0.6) is 0 Å². The summed E-state index contributed by atoms with van der Waals surface area (Å²) in [4.78, 5) is 36.7. The first-order chi connectivity index (χ1) is 14.1. The summed E-state index contributed by atoms with van der Waals surface area (Å²) >= 11 is 0. The maximum absolute atomic E-state index is 13.8. The van der Waals surface area contributed by atoms with E-state index in [9.17, 15) is 23.2 Å². The van der Waals surface area contributed by atoms with Gasteiger partial charge in [0.25, 0.3) is 5.91 Å². The Balaban J connectivity index is 2.09. The summed E-state index contributed by atoms with van der Waals surface area (Å²) in [5.74, 6) is -4.19. The van der Waals surface area contributed by atoms with Gasteiger partial charge in [-0.3, -0.25) is 14.4 Å². The van der Waals surface area contributed by atoms with Gasteiger partial charge in [0.05, 0.1) is 0 Å².